The largest absolute Gasteiger partial charge is 0.252 e. The summed E-state index contributed by atoms with van der Waals surface area (Å²) in [6.07, 6.45) is 0. The number of hydrogen-bond acceptors (Lipinski definition) is 1. The molecule has 5 aromatic rings. The van der Waals surface area contributed by atoms with Crippen molar-refractivity contribution >= 4 is 23.7 Å². The van der Waals surface area contributed by atoms with E-state index in [2.05, 4.69) is 79.5 Å². The van der Waals surface area contributed by atoms with E-state index in [9.17, 15) is 4.39 Å². The van der Waals surface area contributed by atoms with Crippen molar-refractivity contribution in [1.82, 2.24) is 4.98 Å². The van der Waals surface area contributed by atoms with Crippen molar-refractivity contribution in [2.75, 3.05) is 0 Å². The molecule has 0 amide bonds. The SMILES string of the molecule is Cc1ccc2c(c1)-c1cccc(n1)C(C)(C)c1cccc3c4cc(F)ccc4p-2[n+]13. The molecule has 146 valence electrons. The van der Waals surface area contributed by atoms with Gasteiger partial charge in [-0.1, -0.05) is 17.7 Å². The number of benzene rings is 2. The fraction of sp³-hybridized carbons (Fsp3) is 0.154. The minimum absolute atomic E-state index is 0.190. The molecule has 30 heavy (non-hydrogen) atoms. The second kappa shape index (κ2) is 6.00. The molecule has 2 bridgehead atoms. The fourth-order valence-electron chi connectivity index (χ4n) is 4.74. The Labute approximate surface area is 175 Å². The summed E-state index contributed by atoms with van der Waals surface area (Å²) < 4.78 is 16.7. The van der Waals surface area contributed by atoms with Crippen LogP contribution < -0.4 is 4.16 Å². The first-order chi connectivity index (χ1) is 14.4. The van der Waals surface area contributed by atoms with Crippen molar-refractivity contribution in [3.8, 4) is 16.6 Å². The predicted octanol–water partition coefficient (Wildman–Crippen LogP) is 6.70. The number of halogens is 1. The van der Waals surface area contributed by atoms with Crippen molar-refractivity contribution in [3.63, 3.8) is 0 Å². The highest BCUT2D eigenvalue weighted by Gasteiger charge is 2.38. The zero-order valence-electron chi connectivity index (χ0n) is 17.1. The zero-order chi connectivity index (χ0) is 20.6. The lowest BCUT2D eigenvalue weighted by Gasteiger charge is -2.20. The van der Waals surface area contributed by atoms with Crippen molar-refractivity contribution < 1.29 is 8.55 Å². The summed E-state index contributed by atoms with van der Waals surface area (Å²) in [7, 11) is -0.884. The van der Waals surface area contributed by atoms with E-state index in [1.807, 2.05) is 6.07 Å². The van der Waals surface area contributed by atoms with Gasteiger partial charge in [-0.2, -0.15) is 0 Å². The zero-order valence-corrected chi connectivity index (χ0v) is 18.0. The summed E-state index contributed by atoms with van der Waals surface area (Å²) in [5.74, 6) is -0.190. The molecule has 6 rings (SSSR count). The van der Waals surface area contributed by atoms with Crippen molar-refractivity contribution in [3.05, 3.63) is 95.6 Å². The van der Waals surface area contributed by atoms with Gasteiger partial charge in [-0.05, 0) is 69.3 Å². The third-order valence-corrected chi connectivity index (χ3v) is 8.84. The van der Waals surface area contributed by atoms with E-state index in [1.54, 1.807) is 12.1 Å². The number of aryl methyl sites for hydroxylation is 1. The van der Waals surface area contributed by atoms with Crippen LogP contribution in [0, 0.1) is 12.7 Å². The monoisotopic (exact) mass is 411 g/mol. The second-order valence-corrected chi connectivity index (χ2v) is 10.6. The summed E-state index contributed by atoms with van der Waals surface area (Å²) in [5, 5.41) is 3.47. The van der Waals surface area contributed by atoms with Crippen LogP contribution >= 0.6 is 7.69 Å². The van der Waals surface area contributed by atoms with Gasteiger partial charge in [0.2, 0.25) is 11.2 Å². The lowest BCUT2D eigenvalue weighted by Crippen LogP contribution is -2.35. The van der Waals surface area contributed by atoms with E-state index in [1.165, 1.54) is 27.2 Å². The Kier molecular flexibility index (Phi) is 3.56. The minimum atomic E-state index is -0.884. The molecule has 1 unspecified atom stereocenters. The molecule has 0 aliphatic carbocycles. The third kappa shape index (κ3) is 2.30. The Hall–Kier alpha value is -3.03. The molecule has 4 heterocycles. The van der Waals surface area contributed by atoms with Crippen LogP contribution in [0.4, 0.5) is 4.39 Å². The van der Waals surface area contributed by atoms with Crippen LogP contribution in [0.3, 0.4) is 0 Å². The Balaban J connectivity index is 1.94. The number of nitrogens with zero attached hydrogens (tertiary/aromatic N) is 2. The van der Waals surface area contributed by atoms with E-state index < -0.39 is 7.69 Å². The van der Waals surface area contributed by atoms with Crippen LogP contribution in [0.5, 0.6) is 0 Å². The fourth-order valence-corrected chi connectivity index (χ4v) is 7.60. The normalized spacial score (nSPS) is 14.9. The average molecular weight is 411 g/mol. The third-order valence-electron chi connectivity index (χ3n) is 6.31. The van der Waals surface area contributed by atoms with Gasteiger partial charge in [0, 0.05) is 17.7 Å². The smallest absolute Gasteiger partial charge is 0.221 e. The summed E-state index contributed by atoms with van der Waals surface area (Å²) in [6, 6.07) is 24.7. The Morgan fingerprint density at radius 2 is 1.77 bits per heavy atom. The van der Waals surface area contributed by atoms with Gasteiger partial charge < -0.3 is 0 Å². The molecule has 1 aliphatic rings. The van der Waals surface area contributed by atoms with Crippen LogP contribution in [0.1, 0.15) is 30.8 Å². The van der Waals surface area contributed by atoms with E-state index in [0.717, 1.165) is 22.3 Å². The van der Waals surface area contributed by atoms with E-state index in [-0.39, 0.29) is 11.2 Å². The van der Waals surface area contributed by atoms with Gasteiger partial charge in [-0.15, -0.1) is 4.16 Å². The molecule has 4 heteroatoms. The highest BCUT2D eigenvalue weighted by Crippen LogP contribution is 2.50. The molecule has 0 saturated carbocycles. The maximum absolute atomic E-state index is 14.3. The quantitative estimate of drug-likeness (QED) is 0.277. The standard InChI is InChI=1S/C26H21FN2P/c1-16-10-12-22-18(14-16)20-6-4-8-24(28-20)26(2,3)25-9-5-7-21-19-15-17(27)11-13-23(19)30(22)29(21)25/h4-15H,1-3H3/q+1. The van der Waals surface area contributed by atoms with E-state index in [0.29, 0.717) is 0 Å². The predicted molar refractivity (Wildman–Crippen MR) is 121 cm³/mol. The van der Waals surface area contributed by atoms with Gasteiger partial charge in [0.05, 0.1) is 32.6 Å². The van der Waals surface area contributed by atoms with E-state index >= 15 is 0 Å². The number of rotatable bonds is 0. The number of fused-ring (bicyclic) bond motifs is 8. The van der Waals surface area contributed by atoms with Gasteiger partial charge in [-0.3, -0.25) is 4.98 Å². The van der Waals surface area contributed by atoms with Crippen molar-refractivity contribution in [1.29, 1.82) is 0 Å². The Bertz CT molecular complexity index is 1500. The maximum atomic E-state index is 14.3. The topological polar surface area (TPSA) is 17.0 Å². The molecule has 1 atom stereocenters. The maximum Gasteiger partial charge on any atom is 0.221 e. The molecule has 0 radical (unpaired) electrons. The molecule has 2 nitrogen and oxygen atoms in total. The molecular weight excluding hydrogens is 390 g/mol. The van der Waals surface area contributed by atoms with Crippen molar-refractivity contribution in [2.24, 2.45) is 0 Å². The first kappa shape index (κ1) is 17.8. The summed E-state index contributed by atoms with van der Waals surface area (Å²) >= 11 is 0. The average Bonchev–Trinajstić information content (AvgIpc) is 3.07. The van der Waals surface area contributed by atoms with Crippen LogP contribution in [0.2, 0.25) is 0 Å². The van der Waals surface area contributed by atoms with Crippen LogP contribution in [-0.4, -0.2) is 4.98 Å². The van der Waals surface area contributed by atoms with Gasteiger partial charge in [-0.25, -0.2) is 4.39 Å². The highest BCUT2D eigenvalue weighted by molar-refractivity contribution is 7.56. The molecule has 0 saturated heterocycles. The Morgan fingerprint density at radius 3 is 2.63 bits per heavy atom. The molecule has 3 aromatic heterocycles. The molecule has 2 aromatic carbocycles. The number of aromatic nitrogens is 2. The lowest BCUT2D eigenvalue weighted by molar-refractivity contribution is -0.447. The summed E-state index contributed by atoms with van der Waals surface area (Å²) in [5.41, 5.74) is 6.45. The summed E-state index contributed by atoms with van der Waals surface area (Å²) in [4.78, 5) is 5.12. The van der Waals surface area contributed by atoms with Crippen molar-refractivity contribution in [2.45, 2.75) is 26.2 Å². The highest BCUT2D eigenvalue weighted by atomic mass is 31.1. The molecular formula is C26H21FN2P+. The van der Waals surface area contributed by atoms with E-state index in [4.69, 9.17) is 4.98 Å². The lowest BCUT2D eigenvalue weighted by atomic mass is 9.84. The molecule has 0 N–H and O–H groups in total. The second-order valence-electron chi connectivity index (χ2n) is 8.64. The molecule has 0 fully saturated rings. The molecule has 1 aliphatic heterocycles. The van der Waals surface area contributed by atoms with Crippen LogP contribution in [-0.2, 0) is 5.41 Å². The Morgan fingerprint density at radius 1 is 0.933 bits per heavy atom. The minimum Gasteiger partial charge on any atom is -0.252 e. The molecule has 0 spiro atoms. The first-order valence-electron chi connectivity index (χ1n) is 10.2. The summed E-state index contributed by atoms with van der Waals surface area (Å²) in [6.45, 7) is 6.60. The number of hydrogen-bond donors (Lipinski definition) is 0. The first-order valence-corrected chi connectivity index (χ1v) is 11.5. The van der Waals surface area contributed by atoms with Crippen LogP contribution in [0.15, 0.2) is 72.8 Å². The van der Waals surface area contributed by atoms with Crippen LogP contribution in [0.25, 0.3) is 32.6 Å². The van der Waals surface area contributed by atoms with Gasteiger partial charge in [0.15, 0.2) is 7.69 Å². The van der Waals surface area contributed by atoms with Gasteiger partial charge in [0.1, 0.15) is 5.82 Å². The number of pyridine rings is 2. The van der Waals surface area contributed by atoms with Gasteiger partial charge in [0.25, 0.3) is 0 Å². The van der Waals surface area contributed by atoms with Gasteiger partial charge >= 0.3 is 0 Å².